The number of hydrogen-bond acceptors (Lipinski definition) is 9. The molecule has 3 heterocycles. The van der Waals surface area contributed by atoms with Crippen LogP contribution in [0.25, 0.3) is 0 Å². The summed E-state index contributed by atoms with van der Waals surface area (Å²) in [6.45, 7) is 10.8. The number of hydrogen-bond donors (Lipinski definition) is 2. The van der Waals surface area contributed by atoms with Crippen LogP contribution in [0.15, 0.2) is 48.7 Å². The molecule has 2 aliphatic heterocycles. The van der Waals surface area contributed by atoms with Crippen LogP contribution in [0.3, 0.4) is 0 Å². The van der Waals surface area contributed by atoms with Crippen molar-refractivity contribution in [1.29, 1.82) is 0 Å². The van der Waals surface area contributed by atoms with E-state index in [2.05, 4.69) is 54.5 Å². The van der Waals surface area contributed by atoms with E-state index in [4.69, 9.17) is 16.3 Å². The molecule has 0 radical (unpaired) electrons. The van der Waals surface area contributed by atoms with Crippen LogP contribution in [0.1, 0.15) is 18.4 Å². The van der Waals surface area contributed by atoms with Crippen molar-refractivity contribution in [3.63, 3.8) is 0 Å². The van der Waals surface area contributed by atoms with Crippen LogP contribution in [0.4, 0.5) is 23.1 Å². The van der Waals surface area contributed by atoms with Gasteiger partial charge in [0.1, 0.15) is 17.9 Å². The van der Waals surface area contributed by atoms with Gasteiger partial charge >= 0.3 is 0 Å². The third-order valence-electron chi connectivity index (χ3n) is 8.08. The summed E-state index contributed by atoms with van der Waals surface area (Å²) in [5.41, 5.74) is 2.89. The summed E-state index contributed by atoms with van der Waals surface area (Å²) in [4.78, 5) is 16.5. The number of ether oxygens (including phenoxy) is 1. The van der Waals surface area contributed by atoms with E-state index >= 15 is 0 Å². The van der Waals surface area contributed by atoms with E-state index in [-0.39, 0.29) is 0 Å². The molecule has 0 unspecified atom stereocenters. The number of halogens is 1. The molecule has 2 aliphatic rings. The maximum absolute atomic E-state index is 12.7. The zero-order valence-electron chi connectivity index (χ0n) is 24.4. The number of methoxy groups -OCH3 is 1. The molecule has 1 aromatic heterocycles. The van der Waals surface area contributed by atoms with Crippen molar-refractivity contribution in [1.82, 2.24) is 19.8 Å². The number of piperidine rings is 1. The van der Waals surface area contributed by atoms with Gasteiger partial charge in [-0.2, -0.15) is 4.98 Å². The Bertz CT molecular complexity index is 1390. The molecule has 2 N–H and O–H groups in total. The largest absolute Gasteiger partial charge is 0.494 e. The van der Waals surface area contributed by atoms with Crippen molar-refractivity contribution in [2.75, 3.05) is 82.3 Å². The number of aromatic nitrogens is 2. The molecular formula is C30H41ClN7O2P. The smallest absolute Gasteiger partial charge is 0.229 e. The minimum absolute atomic E-state index is 0.404. The first kappa shape index (κ1) is 29.6. The molecule has 0 aliphatic carbocycles. The van der Waals surface area contributed by atoms with E-state index in [1.54, 1.807) is 26.6 Å². The second-order valence-corrected chi connectivity index (χ2v) is 14.9. The van der Waals surface area contributed by atoms with E-state index in [1.807, 2.05) is 30.3 Å². The first-order valence-electron chi connectivity index (χ1n) is 14.2. The highest BCUT2D eigenvalue weighted by molar-refractivity contribution is 7.70. The minimum atomic E-state index is -2.42. The number of anilines is 4. The molecule has 0 atom stereocenters. The zero-order valence-corrected chi connectivity index (χ0v) is 26.1. The average molecular weight is 598 g/mol. The van der Waals surface area contributed by atoms with Crippen molar-refractivity contribution in [3.8, 4) is 5.75 Å². The topological polar surface area (TPSA) is 85.9 Å². The van der Waals surface area contributed by atoms with Crippen LogP contribution in [0.5, 0.6) is 5.75 Å². The molecule has 0 amide bonds. The van der Waals surface area contributed by atoms with Gasteiger partial charge in [-0.05, 0) is 50.9 Å². The van der Waals surface area contributed by atoms with Gasteiger partial charge in [-0.15, -0.1) is 0 Å². The predicted molar refractivity (Wildman–Crippen MR) is 170 cm³/mol. The fourth-order valence-electron chi connectivity index (χ4n) is 5.69. The Morgan fingerprint density at radius 1 is 1.05 bits per heavy atom. The second kappa shape index (κ2) is 13.0. The van der Waals surface area contributed by atoms with Crippen molar-refractivity contribution in [2.24, 2.45) is 0 Å². The molecule has 11 heteroatoms. The van der Waals surface area contributed by atoms with Gasteiger partial charge in [0, 0.05) is 68.9 Å². The van der Waals surface area contributed by atoms with Crippen LogP contribution in [-0.2, 0) is 11.1 Å². The lowest BCUT2D eigenvalue weighted by molar-refractivity contribution is 0.0982. The number of nitrogens with one attached hydrogen (secondary N) is 2. The molecule has 2 fully saturated rings. The van der Waals surface area contributed by atoms with Crippen LogP contribution < -0.4 is 25.6 Å². The zero-order chi connectivity index (χ0) is 29.0. The van der Waals surface area contributed by atoms with Gasteiger partial charge in [0.15, 0.2) is 5.82 Å². The summed E-state index contributed by atoms with van der Waals surface area (Å²) in [5, 5.41) is 7.84. The summed E-state index contributed by atoms with van der Waals surface area (Å²) in [7, 11) is 1.47. The normalized spacial score (nSPS) is 17.4. The monoisotopic (exact) mass is 597 g/mol. The lowest BCUT2D eigenvalue weighted by Gasteiger charge is -2.42. The molecule has 2 aromatic carbocycles. The fourth-order valence-corrected chi connectivity index (χ4v) is 7.14. The third kappa shape index (κ3) is 7.33. The number of likely N-dealkylation sites (N-methyl/N-ethyl adjacent to an activating group) is 1. The Labute approximate surface area is 248 Å². The molecule has 3 aromatic rings. The van der Waals surface area contributed by atoms with Crippen molar-refractivity contribution >= 4 is 47.2 Å². The standard InChI is InChI=1S/C30H41ClN7O2P/c1-36-15-17-38(18-16-36)23-11-13-37(14-12-23)24-9-10-26(27(19-24)40-2)34-30-33-21-25(31)29(35-30)32-20-22-7-5-6-8-28(22)41(3,4)39/h5-10,19,21,23H,11-18,20H2,1-4H3,(H2,32,33,34,35). The van der Waals surface area contributed by atoms with Crippen LogP contribution in [0, 0.1) is 0 Å². The number of benzene rings is 2. The molecule has 0 spiro atoms. The first-order valence-corrected chi connectivity index (χ1v) is 17.2. The van der Waals surface area contributed by atoms with Crippen molar-refractivity contribution in [3.05, 3.63) is 59.2 Å². The summed E-state index contributed by atoms with van der Waals surface area (Å²) in [6.07, 6.45) is 3.93. The number of rotatable bonds is 9. The van der Waals surface area contributed by atoms with Gasteiger partial charge < -0.3 is 29.7 Å². The second-order valence-electron chi connectivity index (χ2n) is 11.3. The lowest BCUT2D eigenvalue weighted by Crippen LogP contribution is -2.52. The van der Waals surface area contributed by atoms with Crippen LogP contribution in [-0.4, -0.2) is 92.6 Å². The maximum Gasteiger partial charge on any atom is 0.229 e. The van der Waals surface area contributed by atoms with Gasteiger partial charge in [-0.1, -0.05) is 35.9 Å². The first-order chi connectivity index (χ1) is 19.7. The third-order valence-corrected chi connectivity index (χ3v) is 9.95. The fraction of sp³-hybridized carbons (Fsp3) is 0.467. The highest BCUT2D eigenvalue weighted by atomic mass is 35.5. The molecule has 41 heavy (non-hydrogen) atoms. The number of nitrogens with zero attached hydrogens (tertiary/aromatic N) is 5. The van der Waals surface area contributed by atoms with Crippen LogP contribution in [0.2, 0.25) is 5.02 Å². The van der Waals surface area contributed by atoms with E-state index in [1.165, 1.54) is 25.9 Å². The quantitative estimate of drug-likeness (QED) is 0.333. The highest BCUT2D eigenvalue weighted by Crippen LogP contribution is 2.36. The van der Waals surface area contributed by atoms with E-state index in [9.17, 15) is 4.57 Å². The SMILES string of the molecule is COc1cc(N2CCC(N3CCN(C)CC3)CC2)ccc1Nc1ncc(Cl)c(NCc2ccccc2P(C)(C)=O)n1. The van der Waals surface area contributed by atoms with Crippen molar-refractivity contribution in [2.45, 2.75) is 25.4 Å². The minimum Gasteiger partial charge on any atom is -0.494 e. The van der Waals surface area contributed by atoms with E-state index < -0.39 is 7.14 Å². The summed E-state index contributed by atoms with van der Waals surface area (Å²) >= 11 is 6.42. The Morgan fingerprint density at radius 3 is 2.49 bits per heavy atom. The van der Waals surface area contributed by atoms with Gasteiger partial charge in [0.05, 0.1) is 19.0 Å². The van der Waals surface area contributed by atoms with Gasteiger partial charge in [0.2, 0.25) is 5.95 Å². The summed E-state index contributed by atoms with van der Waals surface area (Å²) < 4.78 is 18.5. The Balaban J connectivity index is 1.23. The highest BCUT2D eigenvalue weighted by Gasteiger charge is 2.27. The van der Waals surface area contributed by atoms with Gasteiger partial charge in [-0.25, -0.2) is 4.98 Å². The number of piperazine rings is 1. The molecule has 0 bridgehead atoms. The molecule has 9 nitrogen and oxygen atoms in total. The van der Waals surface area contributed by atoms with Crippen molar-refractivity contribution < 1.29 is 9.30 Å². The molecule has 5 rings (SSSR count). The Kier molecular flexibility index (Phi) is 9.39. The van der Waals surface area contributed by atoms with Crippen LogP contribution >= 0.6 is 18.7 Å². The maximum atomic E-state index is 12.7. The summed E-state index contributed by atoms with van der Waals surface area (Å²) in [6, 6.07) is 14.6. The summed E-state index contributed by atoms with van der Waals surface area (Å²) in [5.74, 6) is 1.63. The Hall–Kier alpha value is -2.84. The Morgan fingerprint density at radius 2 is 1.78 bits per heavy atom. The van der Waals surface area contributed by atoms with Gasteiger partial charge in [0.25, 0.3) is 0 Å². The lowest BCUT2D eigenvalue weighted by atomic mass is 10.0. The molecule has 2 saturated heterocycles. The molecular weight excluding hydrogens is 557 g/mol. The van der Waals surface area contributed by atoms with Gasteiger partial charge in [-0.3, -0.25) is 4.90 Å². The predicted octanol–water partition coefficient (Wildman–Crippen LogP) is 4.96. The molecule has 0 saturated carbocycles. The van der Waals surface area contributed by atoms with E-state index in [0.29, 0.717) is 29.4 Å². The average Bonchev–Trinajstić information content (AvgIpc) is 2.98. The molecule has 220 valence electrons. The van der Waals surface area contributed by atoms with E-state index in [0.717, 1.165) is 54.2 Å².